The molecule has 1 saturated heterocycles. The van der Waals surface area contributed by atoms with Gasteiger partial charge in [-0.3, -0.25) is 0 Å². The van der Waals surface area contributed by atoms with Crippen LogP contribution in [0.1, 0.15) is 6.42 Å². The van der Waals surface area contributed by atoms with Crippen molar-refractivity contribution in [1.82, 2.24) is 5.32 Å². The Morgan fingerprint density at radius 3 is 2.65 bits per heavy atom. The van der Waals surface area contributed by atoms with E-state index >= 15 is 0 Å². The summed E-state index contributed by atoms with van der Waals surface area (Å²) < 4.78 is 32.5. The van der Waals surface area contributed by atoms with Gasteiger partial charge >= 0.3 is 0 Å². The van der Waals surface area contributed by atoms with Gasteiger partial charge in [-0.25, -0.2) is 8.42 Å². The van der Waals surface area contributed by atoms with Crippen LogP contribution in [0.3, 0.4) is 0 Å². The number of nitrogens with one attached hydrogen (secondary N) is 1. The van der Waals surface area contributed by atoms with Gasteiger partial charge in [-0.2, -0.15) is 0 Å². The van der Waals surface area contributed by atoms with Crippen LogP contribution in [0, 0.1) is 0 Å². The number of aliphatic hydroxyl groups is 1. The first-order chi connectivity index (χ1) is 8.05. The van der Waals surface area contributed by atoms with Gasteiger partial charge in [0.1, 0.15) is 0 Å². The molecule has 1 aliphatic rings. The lowest BCUT2D eigenvalue weighted by molar-refractivity contribution is 0.0686. The molecule has 1 rings (SSSR count). The van der Waals surface area contributed by atoms with E-state index in [1.54, 1.807) is 7.11 Å². The second-order valence-corrected chi connectivity index (χ2v) is 6.32. The topological polar surface area (TPSA) is 84.9 Å². The third-order valence-corrected chi connectivity index (χ3v) is 4.34. The molecule has 0 aromatic heterocycles. The molecule has 0 bridgehead atoms. The average Bonchev–Trinajstić information content (AvgIpc) is 2.51. The zero-order valence-corrected chi connectivity index (χ0v) is 10.9. The molecule has 0 spiro atoms. The van der Waals surface area contributed by atoms with Gasteiger partial charge < -0.3 is 19.9 Å². The van der Waals surface area contributed by atoms with E-state index in [2.05, 4.69) is 5.32 Å². The van der Waals surface area contributed by atoms with Gasteiger partial charge in [0.15, 0.2) is 9.84 Å². The Hall–Kier alpha value is -0.210. The third-order valence-electron chi connectivity index (χ3n) is 2.63. The Morgan fingerprint density at radius 2 is 2.06 bits per heavy atom. The van der Waals surface area contributed by atoms with Crippen molar-refractivity contribution in [2.24, 2.45) is 0 Å². The Labute approximate surface area is 102 Å². The average molecular weight is 267 g/mol. The molecule has 6 nitrogen and oxygen atoms in total. The van der Waals surface area contributed by atoms with E-state index in [4.69, 9.17) is 9.47 Å². The van der Waals surface area contributed by atoms with Gasteiger partial charge in [-0.05, 0) is 13.0 Å². The van der Waals surface area contributed by atoms with E-state index < -0.39 is 15.9 Å². The van der Waals surface area contributed by atoms with Crippen LogP contribution in [0.4, 0.5) is 0 Å². The number of hydrogen-bond acceptors (Lipinski definition) is 6. The fourth-order valence-electron chi connectivity index (χ4n) is 1.73. The molecule has 2 N–H and O–H groups in total. The highest BCUT2D eigenvalue weighted by Crippen LogP contribution is 2.12. The van der Waals surface area contributed by atoms with E-state index in [0.717, 1.165) is 6.42 Å². The first-order valence-corrected chi connectivity index (χ1v) is 7.56. The summed E-state index contributed by atoms with van der Waals surface area (Å²) in [5.74, 6) is -0.103. The maximum Gasteiger partial charge on any atom is 0.154 e. The molecule has 0 aliphatic carbocycles. The molecule has 102 valence electrons. The van der Waals surface area contributed by atoms with E-state index in [-0.39, 0.29) is 17.5 Å². The lowest BCUT2D eigenvalue weighted by atomic mass is 10.2. The molecule has 0 aromatic carbocycles. The highest BCUT2D eigenvalue weighted by Gasteiger charge is 2.35. The van der Waals surface area contributed by atoms with Crippen LogP contribution in [0.25, 0.3) is 0 Å². The lowest BCUT2D eigenvalue weighted by Crippen LogP contribution is -2.39. The van der Waals surface area contributed by atoms with Crippen molar-refractivity contribution < 1.29 is 23.0 Å². The molecule has 1 heterocycles. The molecular formula is C10H21NO5S. The van der Waals surface area contributed by atoms with Gasteiger partial charge in [0, 0.05) is 19.8 Å². The number of methoxy groups -OCH3 is 1. The highest BCUT2D eigenvalue weighted by molar-refractivity contribution is 7.91. The second kappa shape index (κ2) is 7.27. The fraction of sp³-hybridized carbons (Fsp3) is 1.00. The van der Waals surface area contributed by atoms with Gasteiger partial charge in [0.25, 0.3) is 0 Å². The fourth-order valence-corrected chi connectivity index (χ4v) is 3.51. The molecule has 1 aliphatic heterocycles. The molecule has 0 radical (unpaired) electrons. The van der Waals surface area contributed by atoms with Crippen LogP contribution < -0.4 is 5.32 Å². The molecule has 1 fully saturated rings. The van der Waals surface area contributed by atoms with Crippen LogP contribution in [0.5, 0.6) is 0 Å². The van der Waals surface area contributed by atoms with Crippen LogP contribution in [0.2, 0.25) is 0 Å². The largest absolute Gasteiger partial charge is 0.390 e. The summed E-state index contributed by atoms with van der Waals surface area (Å²) in [6.45, 7) is 2.39. The summed E-state index contributed by atoms with van der Waals surface area (Å²) in [5.41, 5.74) is 0. The summed E-state index contributed by atoms with van der Waals surface area (Å²) in [5, 5.41) is 12.5. The molecular weight excluding hydrogens is 246 g/mol. The minimum atomic E-state index is -3.06. The van der Waals surface area contributed by atoms with Crippen molar-refractivity contribution >= 4 is 9.84 Å². The van der Waals surface area contributed by atoms with Crippen LogP contribution >= 0.6 is 0 Å². The third kappa shape index (κ3) is 5.78. The van der Waals surface area contributed by atoms with E-state index in [9.17, 15) is 13.5 Å². The molecule has 0 saturated carbocycles. The second-order valence-electron chi connectivity index (χ2n) is 4.16. The van der Waals surface area contributed by atoms with Crippen molar-refractivity contribution in [3.8, 4) is 0 Å². The summed E-state index contributed by atoms with van der Waals surface area (Å²) in [6.07, 6.45) is 0.00175. The summed E-state index contributed by atoms with van der Waals surface area (Å²) in [7, 11) is -1.44. The standard InChI is InChI=1S/C10H21NO5S/c1-15-5-6-16-4-2-3-11-9-7-17(13,14)8-10(9)12/h9-12H,2-8H2,1H3. The van der Waals surface area contributed by atoms with E-state index in [1.165, 1.54) is 0 Å². The van der Waals surface area contributed by atoms with Crippen molar-refractivity contribution in [1.29, 1.82) is 0 Å². The SMILES string of the molecule is COCCOCCCNC1CS(=O)(=O)CC1O. The monoisotopic (exact) mass is 267 g/mol. The van der Waals surface area contributed by atoms with Gasteiger partial charge in [-0.15, -0.1) is 0 Å². The maximum atomic E-state index is 11.2. The zero-order valence-electron chi connectivity index (χ0n) is 10.1. The molecule has 0 amide bonds. The first-order valence-electron chi connectivity index (χ1n) is 5.74. The van der Waals surface area contributed by atoms with Crippen LogP contribution in [-0.2, 0) is 19.3 Å². The zero-order chi connectivity index (χ0) is 12.7. The van der Waals surface area contributed by atoms with Crippen molar-refractivity contribution in [3.05, 3.63) is 0 Å². The molecule has 7 heteroatoms. The Kier molecular flexibility index (Phi) is 6.35. The smallest absolute Gasteiger partial charge is 0.154 e. The van der Waals surface area contributed by atoms with E-state index in [0.29, 0.717) is 26.4 Å². The van der Waals surface area contributed by atoms with Gasteiger partial charge in [0.05, 0.1) is 30.8 Å². The van der Waals surface area contributed by atoms with Gasteiger partial charge in [-0.1, -0.05) is 0 Å². The quantitative estimate of drug-likeness (QED) is 0.537. The van der Waals surface area contributed by atoms with Crippen LogP contribution in [0.15, 0.2) is 0 Å². The van der Waals surface area contributed by atoms with Gasteiger partial charge in [0.2, 0.25) is 0 Å². The predicted octanol–water partition coefficient (Wildman–Crippen LogP) is -1.21. The summed E-state index contributed by atoms with van der Waals surface area (Å²) in [6, 6.07) is -0.334. The molecule has 2 unspecified atom stereocenters. The minimum absolute atomic E-state index is 0.0265. The molecule has 17 heavy (non-hydrogen) atoms. The Bertz CT molecular complexity index is 306. The minimum Gasteiger partial charge on any atom is -0.390 e. The maximum absolute atomic E-state index is 11.2. The normalized spacial score (nSPS) is 27.4. The lowest BCUT2D eigenvalue weighted by Gasteiger charge is -2.14. The Balaban J connectivity index is 2.04. The number of aliphatic hydroxyl groups excluding tert-OH is 1. The first kappa shape index (κ1) is 14.8. The summed E-state index contributed by atoms with van der Waals surface area (Å²) in [4.78, 5) is 0. The predicted molar refractivity (Wildman–Crippen MR) is 63.8 cm³/mol. The van der Waals surface area contributed by atoms with E-state index in [1.807, 2.05) is 0 Å². The van der Waals surface area contributed by atoms with Crippen molar-refractivity contribution in [3.63, 3.8) is 0 Å². The highest BCUT2D eigenvalue weighted by atomic mass is 32.2. The molecule has 2 atom stereocenters. The number of ether oxygens (including phenoxy) is 2. The van der Waals surface area contributed by atoms with Crippen molar-refractivity contribution in [2.75, 3.05) is 45.0 Å². The van der Waals surface area contributed by atoms with Crippen molar-refractivity contribution in [2.45, 2.75) is 18.6 Å². The number of hydrogen-bond donors (Lipinski definition) is 2. The summed E-state index contributed by atoms with van der Waals surface area (Å²) >= 11 is 0. The number of rotatable bonds is 8. The number of sulfone groups is 1. The Morgan fingerprint density at radius 1 is 1.29 bits per heavy atom. The molecule has 0 aromatic rings. The van der Waals surface area contributed by atoms with Crippen LogP contribution in [-0.4, -0.2) is 70.7 Å².